The molecule has 0 aliphatic carbocycles. The minimum absolute atomic E-state index is 0.00623. The van der Waals surface area contributed by atoms with Crippen LogP contribution in [0.4, 0.5) is 0 Å². The second kappa shape index (κ2) is 52.6. The van der Waals surface area contributed by atoms with E-state index < -0.39 is 26.6 Å². The Kier molecular flexibility index (Phi) is 51.6. The third-order valence-corrected chi connectivity index (χ3v) is 14.8. The van der Waals surface area contributed by atoms with Crippen LogP contribution >= 0.6 is 7.82 Å². The summed E-state index contributed by atoms with van der Waals surface area (Å²) in [5.74, 6) is -0.206. The summed E-state index contributed by atoms with van der Waals surface area (Å²) < 4.78 is 23.4. The smallest absolute Gasteiger partial charge is 0.268 e. The maximum absolute atomic E-state index is 13.0. The summed E-state index contributed by atoms with van der Waals surface area (Å²) in [7, 11) is 1.25. The van der Waals surface area contributed by atoms with Gasteiger partial charge in [0.05, 0.1) is 39.9 Å². The molecule has 9 heteroatoms. The minimum atomic E-state index is -4.61. The fourth-order valence-electron chi connectivity index (χ4n) is 9.05. The number of phosphoric ester groups is 1. The number of quaternary nitrogens is 1. The Hall–Kier alpha value is -1.28. The zero-order valence-electron chi connectivity index (χ0n) is 47.2. The number of hydrogen-bond donors (Lipinski definition) is 2. The number of nitrogens with zero attached hydrogens (tertiary/aromatic N) is 1. The van der Waals surface area contributed by atoms with E-state index in [4.69, 9.17) is 9.05 Å². The fraction of sp³-hybridized carbons (Fsp3) is 0.885. The van der Waals surface area contributed by atoms with Gasteiger partial charge in [-0.1, -0.05) is 269 Å². The van der Waals surface area contributed by atoms with Crippen molar-refractivity contribution in [2.24, 2.45) is 0 Å². The van der Waals surface area contributed by atoms with Crippen LogP contribution in [0.2, 0.25) is 0 Å². The molecule has 0 saturated heterocycles. The van der Waals surface area contributed by atoms with Gasteiger partial charge >= 0.3 is 0 Å². The third-order valence-electron chi connectivity index (χ3n) is 13.8. The number of rotatable bonds is 56. The Morgan fingerprint density at radius 1 is 0.486 bits per heavy atom. The van der Waals surface area contributed by atoms with Crippen molar-refractivity contribution in [3.63, 3.8) is 0 Å². The SMILES string of the molecule is CCCCCCCCCCCCCC/C=C\CCCCCCCCCCC(=O)NC(COP(=O)([O-])OCC[N+](C)(C)C)C(O)/C=C/CC/C=C/CCCCCCCCCCCCCCCCCCCC. The lowest BCUT2D eigenvalue weighted by Crippen LogP contribution is -2.45. The summed E-state index contributed by atoms with van der Waals surface area (Å²) >= 11 is 0. The van der Waals surface area contributed by atoms with Crippen molar-refractivity contribution in [3.05, 3.63) is 36.5 Å². The van der Waals surface area contributed by atoms with Crippen LogP contribution in [0.1, 0.15) is 296 Å². The molecule has 0 bridgehead atoms. The standard InChI is InChI=1S/C61H119N2O6P/c1-6-8-10-12-14-16-18-20-22-24-26-28-30-32-34-36-38-40-42-44-46-48-50-52-54-60(64)59(58-69-70(66,67)68-57-56-63(3,4)5)62-61(65)55-53-51-49-47-45-43-41-39-37-35-33-31-29-27-25-23-21-19-17-15-13-11-9-7-2/h33,35,44,46,52,54,59-60,64H,6-32,34,36-43,45,47-51,53,55-58H2,1-5H3,(H-,62,65,66,67)/b35-33-,46-44+,54-52+. The van der Waals surface area contributed by atoms with Crippen LogP contribution in [0, 0.1) is 0 Å². The molecule has 0 aromatic carbocycles. The maximum atomic E-state index is 13.0. The van der Waals surface area contributed by atoms with Gasteiger partial charge in [-0.3, -0.25) is 9.36 Å². The van der Waals surface area contributed by atoms with E-state index in [-0.39, 0.29) is 12.5 Å². The van der Waals surface area contributed by atoms with Gasteiger partial charge in [0.25, 0.3) is 7.82 Å². The van der Waals surface area contributed by atoms with Crippen LogP contribution in [0.5, 0.6) is 0 Å². The predicted octanol–water partition coefficient (Wildman–Crippen LogP) is 17.9. The van der Waals surface area contributed by atoms with Crippen molar-refractivity contribution in [1.82, 2.24) is 5.32 Å². The highest BCUT2D eigenvalue weighted by Crippen LogP contribution is 2.38. The molecule has 2 N–H and O–H groups in total. The van der Waals surface area contributed by atoms with Crippen molar-refractivity contribution >= 4 is 13.7 Å². The van der Waals surface area contributed by atoms with Crippen LogP contribution in [0.3, 0.4) is 0 Å². The summed E-state index contributed by atoms with van der Waals surface area (Å²) in [5, 5.41) is 13.9. The summed E-state index contributed by atoms with van der Waals surface area (Å²) in [5.41, 5.74) is 0. The van der Waals surface area contributed by atoms with E-state index in [9.17, 15) is 19.4 Å². The molecule has 0 spiro atoms. The van der Waals surface area contributed by atoms with Crippen LogP contribution in [-0.2, 0) is 18.4 Å². The molecular formula is C61H119N2O6P. The molecule has 0 heterocycles. The Balaban J connectivity index is 4.22. The lowest BCUT2D eigenvalue weighted by molar-refractivity contribution is -0.870. The van der Waals surface area contributed by atoms with Gasteiger partial charge in [0, 0.05) is 6.42 Å². The molecule has 0 aliphatic heterocycles. The van der Waals surface area contributed by atoms with E-state index in [0.717, 1.165) is 38.5 Å². The molecule has 0 rings (SSSR count). The van der Waals surface area contributed by atoms with Gasteiger partial charge in [0.1, 0.15) is 13.2 Å². The highest BCUT2D eigenvalue weighted by Gasteiger charge is 2.23. The number of allylic oxidation sites excluding steroid dienone is 5. The fourth-order valence-corrected chi connectivity index (χ4v) is 9.77. The van der Waals surface area contributed by atoms with E-state index in [1.807, 2.05) is 27.2 Å². The lowest BCUT2D eigenvalue weighted by atomic mass is 10.0. The van der Waals surface area contributed by atoms with Crippen LogP contribution in [0.25, 0.3) is 0 Å². The molecule has 3 atom stereocenters. The van der Waals surface area contributed by atoms with Gasteiger partial charge in [-0.25, -0.2) is 0 Å². The number of hydrogen-bond acceptors (Lipinski definition) is 6. The number of likely N-dealkylation sites (N-methyl/N-ethyl adjacent to an activating group) is 1. The normalized spacial score (nSPS) is 14.1. The first-order valence-electron chi connectivity index (χ1n) is 30.4. The molecular weight excluding hydrogens is 888 g/mol. The Morgan fingerprint density at radius 3 is 1.16 bits per heavy atom. The number of carbonyl (C=O) groups is 1. The highest BCUT2D eigenvalue weighted by atomic mass is 31.2. The van der Waals surface area contributed by atoms with Gasteiger partial charge in [-0.2, -0.15) is 0 Å². The van der Waals surface area contributed by atoms with Crippen molar-refractivity contribution in [2.75, 3.05) is 40.9 Å². The number of carbonyl (C=O) groups excluding carboxylic acids is 1. The van der Waals surface area contributed by atoms with Crippen molar-refractivity contribution < 1.29 is 32.9 Å². The molecule has 0 aliphatic rings. The number of unbranched alkanes of at least 4 members (excludes halogenated alkanes) is 39. The first kappa shape index (κ1) is 68.7. The zero-order valence-corrected chi connectivity index (χ0v) is 48.1. The Bertz CT molecular complexity index is 1230. The molecule has 3 unspecified atom stereocenters. The number of aliphatic hydroxyl groups is 1. The van der Waals surface area contributed by atoms with Crippen molar-refractivity contribution in [1.29, 1.82) is 0 Å². The van der Waals surface area contributed by atoms with Gasteiger partial charge < -0.3 is 28.8 Å². The molecule has 70 heavy (non-hydrogen) atoms. The van der Waals surface area contributed by atoms with Gasteiger partial charge in [-0.05, 0) is 57.8 Å². The first-order valence-corrected chi connectivity index (χ1v) is 31.8. The van der Waals surface area contributed by atoms with Crippen LogP contribution in [-0.4, -0.2) is 68.5 Å². The quantitative estimate of drug-likeness (QED) is 0.0272. The van der Waals surface area contributed by atoms with E-state index in [0.29, 0.717) is 17.4 Å². The largest absolute Gasteiger partial charge is 0.756 e. The second-order valence-corrected chi connectivity index (χ2v) is 23.5. The van der Waals surface area contributed by atoms with E-state index in [2.05, 4.69) is 43.5 Å². The molecule has 0 aromatic heterocycles. The van der Waals surface area contributed by atoms with Crippen molar-refractivity contribution in [2.45, 2.75) is 309 Å². The third kappa shape index (κ3) is 54.5. The average molecular weight is 1010 g/mol. The zero-order chi connectivity index (χ0) is 51.3. The molecule has 414 valence electrons. The lowest BCUT2D eigenvalue weighted by Gasteiger charge is -2.29. The molecule has 8 nitrogen and oxygen atoms in total. The summed E-state index contributed by atoms with van der Waals surface area (Å²) in [6.07, 6.45) is 68.1. The molecule has 0 aromatic rings. The average Bonchev–Trinajstić information content (AvgIpc) is 3.32. The van der Waals surface area contributed by atoms with Gasteiger partial charge in [0.15, 0.2) is 0 Å². The topological polar surface area (TPSA) is 108 Å². The minimum Gasteiger partial charge on any atom is -0.756 e. The molecule has 0 radical (unpaired) electrons. The Morgan fingerprint density at radius 2 is 0.800 bits per heavy atom. The summed E-state index contributed by atoms with van der Waals surface area (Å²) in [6, 6.07) is -0.905. The number of amides is 1. The summed E-state index contributed by atoms with van der Waals surface area (Å²) in [6.45, 7) is 4.67. The number of aliphatic hydroxyl groups excluding tert-OH is 1. The van der Waals surface area contributed by atoms with Crippen molar-refractivity contribution in [3.8, 4) is 0 Å². The Labute approximate surface area is 436 Å². The van der Waals surface area contributed by atoms with E-state index in [1.54, 1.807) is 6.08 Å². The highest BCUT2D eigenvalue weighted by molar-refractivity contribution is 7.45. The molecule has 1 amide bonds. The van der Waals surface area contributed by atoms with E-state index in [1.165, 1.54) is 238 Å². The number of phosphoric acid groups is 1. The molecule has 0 saturated carbocycles. The maximum Gasteiger partial charge on any atom is 0.268 e. The van der Waals surface area contributed by atoms with Crippen LogP contribution < -0.4 is 10.2 Å². The summed E-state index contributed by atoms with van der Waals surface area (Å²) in [4.78, 5) is 25.5. The number of nitrogens with one attached hydrogen (secondary N) is 1. The second-order valence-electron chi connectivity index (χ2n) is 22.0. The monoisotopic (exact) mass is 1010 g/mol. The van der Waals surface area contributed by atoms with Crippen LogP contribution in [0.15, 0.2) is 36.5 Å². The van der Waals surface area contributed by atoms with Gasteiger partial charge in [0.2, 0.25) is 5.91 Å². The van der Waals surface area contributed by atoms with Gasteiger partial charge in [-0.15, -0.1) is 0 Å². The van der Waals surface area contributed by atoms with E-state index >= 15 is 0 Å². The molecule has 0 fully saturated rings. The first-order chi connectivity index (χ1) is 34.0. The predicted molar refractivity (Wildman–Crippen MR) is 302 cm³/mol.